The van der Waals surface area contributed by atoms with E-state index in [0.29, 0.717) is 42.6 Å². The first kappa shape index (κ1) is 17.3. The van der Waals surface area contributed by atoms with Crippen LogP contribution >= 0.6 is 11.8 Å². The maximum absolute atomic E-state index is 13.6. The lowest BCUT2D eigenvalue weighted by molar-refractivity contribution is 0.0730. The Morgan fingerprint density at radius 3 is 2.58 bits per heavy atom. The largest absolute Gasteiger partial charge is 0.379 e. The second-order valence-corrected chi connectivity index (χ2v) is 8.16. The molecular formula is C16H17FN2O3S2. The molecule has 128 valence electrons. The lowest BCUT2D eigenvalue weighted by Crippen LogP contribution is -2.40. The molecule has 2 aromatic rings. The predicted molar refractivity (Wildman–Crippen MR) is 89.8 cm³/mol. The Kier molecular flexibility index (Phi) is 5.50. The van der Waals surface area contributed by atoms with Crippen LogP contribution in [0.5, 0.6) is 0 Å². The summed E-state index contributed by atoms with van der Waals surface area (Å²) < 4.78 is 45.2. The number of thioether (sulfide) groups is 1. The van der Waals surface area contributed by atoms with E-state index in [2.05, 4.69) is 4.98 Å². The smallest absolute Gasteiger partial charge is 0.244 e. The molecule has 2 heterocycles. The topological polar surface area (TPSA) is 59.5 Å². The third kappa shape index (κ3) is 3.94. The molecular weight excluding hydrogens is 351 g/mol. The summed E-state index contributed by atoms with van der Waals surface area (Å²) >= 11 is 1.36. The van der Waals surface area contributed by atoms with E-state index in [-0.39, 0.29) is 10.7 Å². The summed E-state index contributed by atoms with van der Waals surface area (Å²) in [5.41, 5.74) is 0.592. The molecule has 1 fully saturated rings. The van der Waals surface area contributed by atoms with E-state index in [0.717, 1.165) is 0 Å². The first-order valence-corrected chi connectivity index (χ1v) is 9.90. The minimum Gasteiger partial charge on any atom is -0.379 e. The molecule has 8 heteroatoms. The van der Waals surface area contributed by atoms with Gasteiger partial charge >= 0.3 is 0 Å². The van der Waals surface area contributed by atoms with Crippen molar-refractivity contribution >= 4 is 21.8 Å². The van der Waals surface area contributed by atoms with Gasteiger partial charge in [-0.05, 0) is 23.8 Å². The maximum Gasteiger partial charge on any atom is 0.244 e. The van der Waals surface area contributed by atoms with Crippen LogP contribution in [0.3, 0.4) is 0 Å². The van der Waals surface area contributed by atoms with Gasteiger partial charge in [0.05, 0.1) is 18.2 Å². The van der Waals surface area contributed by atoms with E-state index in [1.807, 2.05) is 0 Å². The summed E-state index contributed by atoms with van der Waals surface area (Å²) in [4.78, 5) is 4.35. The summed E-state index contributed by atoms with van der Waals surface area (Å²) in [7, 11) is -3.53. The Bertz CT molecular complexity index is 791. The van der Waals surface area contributed by atoms with Crippen molar-refractivity contribution in [3.05, 3.63) is 54.0 Å². The van der Waals surface area contributed by atoms with Crippen LogP contribution in [0, 0.1) is 5.82 Å². The van der Waals surface area contributed by atoms with Crippen LogP contribution in [0.1, 0.15) is 5.56 Å². The molecule has 1 aromatic carbocycles. The molecule has 1 saturated heterocycles. The zero-order valence-electron chi connectivity index (χ0n) is 12.9. The molecule has 0 spiro atoms. The molecule has 1 aliphatic heterocycles. The quantitative estimate of drug-likeness (QED) is 0.759. The number of benzene rings is 1. The number of nitrogens with zero attached hydrogens (tertiary/aromatic N) is 2. The Labute approximate surface area is 144 Å². The van der Waals surface area contributed by atoms with E-state index in [1.54, 1.807) is 30.3 Å². The Morgan fingerprint density at radius 2 is 1.92 bits per heavy atom. The zero-order chi connectivity index (χ0) is 17.0. The van der Waals surface area contributed by atoms with Crippen LogP contribution in [-0.2, 0) is 20.5 Å². The Balaban J connectivity index is 1.68. The minimum atomic E-state index is -3.53. The number of aromatic nitrogens is 1. The van der Waals surface area contributed by atoms with Crippen molar-refractivity contribution in [2.24, 2.45) is 0 Å². The molecule has 5 nitrogen and oxygen atoms in total. The van der Waals surface area contributed by atoms with Gasteiger partial charge in [-0.1, -0.05) is 18.2 Å². The van der Waals surface area contributed by atoms with Crippen LogP contribution in [0.15, 0.2) is 52.5 Å². The zero-order valence-corrected chi connectivity index (χ0v) is 14.5. The standard InChI is InChI=1S/C16H17FN2O3S2/c17-15-4-2-1-3-13(15)12-23-16-6-5-14(11-18-16)24(20,21)19-7-9-22-10-8-19/h1-6,11H,7-10,12H2. The summed E-state index contributed by atoms with van der Waals surface area (Å²) in [6.07, 6.45) is 1.36. The van der Waals surface area contributed by atoms with Crippen molar-refractivity contribution in [2.45, 2.75) is 15.7 Å². The van der Waals surface area contributed by atoms with Crippen LogP contribution in [0.25, 0.3) is 0 Å². The fraction of sp³-hybridized carbons (Fsp3) is 0.312. The Hall–Kier alpha value is -1.48. The van der Waals surface area contributed by atoms with Crippen LogP contribution in [-0.4, -0.2) is 44.0 Å². The van der Waals surface area contributed by atoms with Gasteiger partial charge in [-0.3, -0.25) is 0 Å². The summed E-state index contributed by atoms with van der Waals surface area (Å²) in [5.74, 6) is 0.186. The van der Waals surface area contributed by atoms with Crippen molar-refractivity contribution in [1.29, 1.82) is 0 Å². The molecule has 1 aliphatic rings. The number of hydrogen-bond acceptors (Lipinski definition) is 5. The lowest BCUT2D eigenvalue weighted by Gasteiger charge is -2.25. The summed E-state index contributed by atoms with van der Waals surface area (Å²) in [6, 6.07) is 9.76. The van der Waals surface area contributed by atoms with Gasteiger partial charge in [-0.2, -0.15) is 4.31 Å². The molecule has 0 saturated carbocycles. The summed E-state index contributed by atoms with van der Waals surface area (Å²) in [5, 5.41) is 0.652. The van der Waals surface area contributed by atoms with Crippen molar-refractivity contribution < 1.29 is 17.5 Å². The third-order valence-corrected chi connectivity index (χ3v) is 6.53. The second kappa shape index (κ2) is 7.60. The monoisotopic (exact) mass is 368 g/mol. The average Bonchev–Trinajstić information content (AvgIpc) is 2.62. The molecule has 3 rings (SSSR count). The molecule has 1 aromatic heterocycles. The van der Waals surface area contributed by atoms with E-state index < -0.39 is 10.0 Å². The lowest BCUT2D eigenvalue weighted by atomic mass is 10.2. The number of hydrogen-bond donors (Lipinski definition) is 0. The molecule has 0 bridgehead atoms. The predicted octanol–water partition coefficient (Wildman–Crippen LogP) is 2.53. The molecule has 0 unspecified atom stereocenters. The van der Waals surface area contributed by atoms with Crippen LogP contribution in [0.2, 0.25) is 0 Å². The van der Waals surface area contributed by atoms with E-state index in [9.17, 15) is 12.8 Å². The van der Waals surface area contributed by atoms with Crippen LogP contribution < -0.4 is 0 Å². The van der Waals surface area contributed by atoms with Gasteiger partial charge < -0.3 is 4.74 Å². The first-order chi connectivity index (χ1) is 11.6. The number of pyridine rings is 1. The highest BCUT2D eigenvalue weighted by Gasteiger charge is 2.26. The number of rotatable bonds is 5. The summed E-state index contributed by atoms with van der Waals surface area (Å²) in [6.45, 7) is 1.52. The molecule has 0 amide bonds. The number of ether oxygens (including phenoxy) is 1. The fourth-order valence-electron chi connectivity index (χ4n) is 2.31. The van der Waals surface area contributed by atoms with Gasteiger partial charge in [0.25, 0.3) is 0 Å². The molecule has 0 atom stereocenters. The molecule has 0 radical (unpaired) electrons. The Morgan fingerprint density at radius 1 is 1.17 bits per heavy atom. The van der Waals surface area contributed by atoms with Crippen molar-refractivity contribution in [3.63, 3.8) is 0 Å². The highest BCUT2D eigenvalue weighted by atomic mass is 32.2. The SMILES string of the molecule is O=S(=O)(c1ccc(SCc2ccccc2F)nc1)N1CCOCC1. The van der Waals surface area contributed by atoms with Crippen molar-refractivity contribution in [3.8, 4) is 0 Å². The van der Waals surface area contributed by atoms with Crippen molar-refractivity contribution in [1.82, 2.24) is 9.29 Å². The van der Waals surface area contributed by atoms with Crippen LogP contribution in [0.4, 0.5) is 4.39 Å². The van der Waals surface area contributed by atoms with E-state index in [4.69, 9.17) is 4.74 Å². The maximum atomic E-state index is 13.6. The number of sulfonamides is 1. The van der Waals surface area contributed by atoms with Gasteiger partial charge in [0.2, 0.25) is 10.0 Å². The van der Waals surface area contributed by atoms with Gasteiger partial charge in [-0.15, -0.1) is 11.8 Å². The highest BCUT2D eigenvalue weighted by Crippen LogP contribution is 2.24. The fourth-order valence-corrected chi connectivity index (χ4v) is 4.49. The van der Waals surface area contributed by atoms with Gasteiger partial charge in [0.15, 0.2) is 0 Å². The third-order valence-electron chi connectivity index (χ3n) is 3.65. The molecule has 0 aliphatic carbocycles. The highest BCUT2D eigenvalue weighted by molar-refractivity contribution is 7.98. The van der Waals surface area contributed by atoms with Gasteiger partial charge in [-0.25, -0.2) is 17.8 Å². The van der Waals surface area contributed by atoms with Crippen molar-refractivity contribution in [2.75, 3.05) is 26.3 Å². The molecule has 24 heavy (non-hydrogen) atoms. The second-order valence-electron chi connectivity index (χ2n) is 5.23. The van der Waals surface area contributed by atoms with Gasteiger partial charge in [0, 0.05) is 25.0 Å². The first-order valence-electron chi connectivity index (χ1n) is 7.47. The van der Waals surface area contributed by atoms with E-state index in [1.165, 1.54) is 28.3 Å². The average molecular weight is 368 g/mol. The van der Waals surface area contributed by atoms with Gasteiger partial charge in [0.1, 0.15) is 10.7 Å². The number of morpholine rings is 1. The molecule has 0 N–H and O–H groups in total. The normalized spacial score (nSPS) is 16.2. The van der Waals surface area contributed by atoms with E-state index >= 15 is 0 Å². The number of halogens is 1. The minimum absolute atomic E-state index is 0.166.